The Labute approximate surface area is 95.7 Å². The fourth-order valence-corrected chi connectivity index (χ4v) is 2.94. The van der Waals surface area contributed by atoms with Gasteiger partial charge >= 0.3 is 0 Å². The summed E-state index contributed by atoms with van der Waals surface area (Å²) >= 11 is 1.75. The first kappa shape index (κ1) is 11.0. The molecule has 0 N–H and O–H groups in total. The lowest BCUT2D eigenvalue weighted by atomic mass is 10.1. The molecule has 4 heteroatoms. The summed E-state index contributed by atoms with van der Waals surface area (Å²) in [5.74, 6) is 0.855. The lowest BCUT2D eigenvalue weighted by Crippen LogP contribution is -2.26. The maximum atomic E-state index is 4.10. The first-order chi connectivity index (χ1) is 7.24. The highest BCUT2D eigenvalue weighted by molar-refractivity contribution is 7.09. The molecule has 0 saturated carbocycles. The highest BCUT2D eigenvalue weighted by Gasteiger charge is 2.20. The van der Waals surface area contributed by atoms with E-state index in [0.29, 0.717) is 0 Å². The van der Waals surface area contributed by atoms with Gasteiger partial charge in [0, 0.05) is 30.7 Å². The fourth-order valence-electron chi connectivity index (χ4n) is 2.27. The van der Waals surface area contributed by atoms with Crippen molar-refractivity contribution in [3.05, 3.63) is 16.6 Å². The molecule has 3 nitrogen and oxygen atoms in total. The molecule has 1 aromatic heterocycles. The number of thiazole rings is 1. The van der Waals surface area contributed by atoms with Crippen molar-refractivity contribution < 1.29 is 0 Å². The van der Waals surface area contributed by atoms with Crippen molar-refractivity contribution in [2.75, 3.05) is 33.7 Å². The molecule has 0 radical (unpaired) electrons. The minimum absolute atomic E-state index is 0.855. The lowest BCUT2D eigenvalue weighted by molar-refractivity contribution is 0.269. The number of aromatic nitrogens is 1. The Hall–Kier alpha value is -0.450. The minimum atomic E-state index is 0.855. The third kappa shape index (κ3) is 3.26. The van der Waals surface area contributed by atoms with Gasteiger partial charge in [0.15, 0.2) is 0 Å². The van der Waals surface area contributed by atoms with E-state index in [1.807, 2.05) is 11.7 Å². The second-order valence-corrected chi connectivity index (χ2v) is 5.55. The van der Waals surface area contributed by atoms with Crippen molar-refractivity contribution >= 4 is 11.3 Å². The predicted molar refractivity (Wildman–Crippen MR) is 64.1 cm³/mol. The highest BCUT2D eigenvalue weighted by Crippen LogP contribution is 2.16. The van der Waals surface area contributed by atoms with Crippen LogP contribution in [0.1, 0.15) is 11.3 Å². The summed E-state index contributed by atoms with van der Waals surface area (Å²) in [5.41, 5.74) is 1.91. The summed E-state index contributed by atoms with van der Waals surface area (Å²) in [6.07, 6.45) is 3.32. The molecule has 2 rings (SSSR count). The maximum Gasteiger partial charge on any atom is 0.0794 e. The average molecular weight is 225 g/mol. The van der Waals surface area contributed by atoms with Gasteiger partial charge in [-0.25, -0.2) is 0 Å². The van der Waals surface area contributed by atoms with E-state index in [-0.39, 0.29) is 0 Å². The number of hydrogen-bond donors (Lipinski definition) is 0. The van der Waals surface area contributed by atoms with Gasteiger partial charge in [-0.2, -0.15) is 0 Å². The normalized spacial score (nSPS) is 22.7. The van der Waals surface area contributed by atoms with Gasteiger partial charge in [-0.15, -0.1) is 11.3 Å². The molecule has 0 bridgehead atoms. The zero-order chi connectivity index (χ0) is 10.7. The molecule has 1 atom stereocenters. The van der Waals surface area contributed by atoms with Crippen LogP contribution >= 0.6 is 11.3 Å². The van der Waals surface area contributed by atoms with E-state index in [1.54, 1.807) is 11.3 Å². The predicted octanol–water partition coefficient (Wildman–Crippen LogP) is 1.53. The Bertz CT molecular complexity index is 286. The lowest BCUT2D eigenvalue weighted by Gasteiger charge is -2.19. The van der Waals surface area contributed by atoms with Gasteiger partial charge in [-0.1, -0.05) is 0 Å². The van der Waals surface area contributed by atoms with Crippen molar-refractivity contribution in [2.45, 2.75) is 13.0 Å². The first-order valence-electron chi connectivity index (χ1n) is 5.48. The van der Waals surface area contributed by atoms with Crippen LogP contribution in [0.15, 0.2) is 11.7 Å². The Morgan fingerprint density at radius 3 is 3.13 bits per heavy atom. The van der Waals surface area contributed by atoms with Gasteiger partial charge in [0.1, 0.15) is 0 Å². The molecule has 0 aromatic carbocycles. The van der Waals surface area contributed by atoms with Crippen molar-refractivity contribution in [1.29, 1.82) is 0 Å². The van der Waals surface area contributed by atoms with Crippen LogP contribution in [0.5, 0.6) is 0 Å². The summed E-state index contributed by atoms with van der Waals surface area (Å²) in [6, 6.07) is 0. The molecule has 0 aliphatic carbocycles. The van der Waals surface area contributed by atoms with E-state index in [0.717, 1.165) is 12.5 Å². The molecule has 0 amide bonds. The topological polar surface area (TPSA) is 19.4 Å². The first-order valence-corrected chi connectivity index (χ1v) is 6.36. The van der Waals surface area contributed by atoms with Gasteiger partial charge < -0.3 is 9.80 Å². The van der Waals surface area contributed by atoms with Crippen molar-refractivity contribution in [3.63, 3.8) is 0 Å². The highest BCUT2D eigenvalue weighted by atomic mass is 32.1. The average Bonchev–Trinajstić information content (AvgIpc) is 2.77. The van der Waals surface area contributed by atoms with Crippen LogP contribution in [0.25, 0.3) is 0 Å². The maximum absolute atomic E-state index is 4.10. The van der Waals surface area contributed by atoms with Crippen LogP contribution < -0.4 is 0 Å². The van der Waals surface area contributed by atoms with Crippen LogP contribution in [0, 0.1) is 5.92 Å². The molecule has 1 fully saturated rings. The molecule has 1 saturated heterocycles. The number of rotatable bonds is 4. The third-order valence-electron chi connectivity index (χ3n) is 2.97. The summed E-state index contributed by atoms with van der Waals surface area (Å²) < 4.78 is 0. The monoisotopic (exact) mass is 225 g/mol. The molecule has 2 heterocycles. The summed E-state index contributed by atoms with van der Waals surface area (Å²) in [6.45, 7) is 4.78. The second-order valence-electron chi connectivity index (χ2n) is 4.58. The third-order valence-corrected chi connectivity index (χ3v) is 3.73. The van der Waals surface area contributed by atoms with E-state index in [9.17, 15) is 0 Å². The van der Waals surface area contributed by atoms with E-state index >= 15 is 0 Å². The van der Waals surface area contributed by atoms with Crippen LogP contribution in [0.2, 0.25) is 0 Å². The fraction of sp³-hybridized carbons (Fsp3) is 0.727. The van der Waals surface area contributed by atoms with E-state index < -0.39 is 0 Å². The zero-order valence-electron chi connectivity index (χ0n) is 9.52. The Morgan fingerprint density at radius 2 is 2.53 bits per heavy atom. The summed E-state index contributed by atoms with van der Waals surface area (Å²) in [4.78, 5) is 10.3. The number of hydrogen-bond acceptors (Lipinski definition) is 4. The standard InChI is InChI=1S/C11H19N3S/c1-13-4-3-10(6-13)7-14(2)8-11-5-12-9-15-11/h5,9-10H,3-4,6-8H2,1-2H3. The molecule has 0 spiro atoms. The van der Waals surface area contributed by atoms with Gasteiger partial charge in [0.2, 0.25) is 0 Å². The van der Waals surface area contributed by atoms with E-state index in [1.165, 1.54) is 30.9 Å². The van der Waals surface area contributed by atoms with Crippen LogP contribution in [-0.2, 0) is 6.54 Å². The van der Waals surface area contributed by atoms with Crippen molar-refractivity contribution in [2.24, 2.45) is 5.92 Å². The van der Waals surface area contributed by atoms with E-state index in [4.69, 9.17) is 0 Å². The molecular formula is C11H19N3S. The smallest absolute Gasteiger partial charge is 0.0794 e. The number of nitrogens with zero attached hydrogens (tertiary/aromatic N) is 3. The SMILES string of the molecule is CN1CCC(CN(C)Cc2cncs2)C1. The Balaban J connectivity index is 1.75. The molecule has 84 valence electrons. The molecule has 15 heavy (non-hydrogen) atoms. The van der Waals surface area contributed by atoms with Crippen molar-refractivity contribution in [1.82, 2.24) is 14.8 Å². The van der Waals surface area contributed by atoms with Gasteiger partial charge in [0.05, 0.1) is 5.51 Å². The van der Waals surface area contributed by atoms with Gasteiger partial charge in [-0.3, -0.25) is 4.98 Å². The van der Waals surface area contributed by atoms with Crippen molar-refractivity contribution in [3.8, 4) is 0 Å². The Kier molecular flexibility index (Phi) is 3.72. The van der Waals surface area contributed by atoms with Gasteiger partial charge in [0.25, 0.3) is 0 Å². The van der Waals surface area contributed by atoms with E-state index in [2.05, 4.69) is 28.9 Å². The van der Waals surface area contributed by atoms with Crippen LogP contribution in [-0.4, -0.2) is 48.5 Å². The molecule has 1 aromatic rings. The summed E-state index contributed by atoms with van der Waals surface area (Å²) in [5, 5.41) is 0. The molecule has 1 unspecified atom stereocenters. The number of likely N-dealkylation sites (tertiary alicyclic amines) is 1. The minimum Gasteiger partial charge on any atom is -0.306 e. The van der Waals surface area contributed by atoms with Crippen LogP contribution in [0.3, 0.4) is 0 Å². The second kappa shape index (κ2) is 5.05. The zero-order valence-corrected chi connectivity index (χ0v) is 10.3. The van der Waals surface area contributed by atoms with Gasteiger partial charge in [-0.05, 0) is 33.0 Å². The Morgan fingerprint density at radius 1 is 1.67 bits per heavy atom. The molecule has 1 aliphatic rings. The molecule has 1 aliphatic heterocycles. The quantitative estimate of drug-likeness (QED) is 0.774. The van der Waals surface area contributed by atoms with Crippen LogP contribution in [0.4, 0.5) is 0 Å². The largest absolute Gasteiger partial charge is 0.306 e. The molecular weight excluding hydrogens is 206 g/mol. The summed E-state index contributed by atoms with van der Waals surface area (Å²) in [7, 11) is 4.42.